The maximum Gasteiger partial charge on any atom is 0.263 e. The standard InChI is InChI=1S/C27H26N4O2/c1-30(2)18-14-12-17(13-15-18)22-16-23(29-21-10-6-5-9-20(21)28-22)25-26(32)19-8-4-7-11-24(19)31(3)27(25)33/h4-15,22,28,32H,16H2,1-3H3. The van der Waals surface area contributed by atoms with Crippen LogP contribution in [0.3, 0.4) is 0 Å². The van der Waals surface area contributed by atoms with Gasteiger partial charge in [-0.2, -0.15) is 0 Å². The van der Waals surface area contributed by atoms with E-state index in [2.05, 4.69) is 34.5 Å². The Morgan fingerprint density at radius 1 is 1.00 bits per heavy atom. The number of aliphatic imine (C=N–C) groups is 1. The van der Waals surface area contributed by atoms with Crippen LogP contribution in [-0.2, 0) is 7.05 Å². The summed E-state index contributed by atoms with van der Waals surface area (Å²) < 4.78 is 1.58. The van der Waals surface area contributed by atoms with E-state index in [-0.39, 0.29) is 22.9 Å². The Hall–Kier alpha value is -4.06. The lowest BCUT2D eigenvalue weighted by atomic mass is 9.96. The SMILES string of the molecule is CN(C)c1ccc(C2CC(c3c(O)c4ccccc4n(C)c3=O)=Nc3ccccc3N2)cc1. The Bertz CT molecular complexity index is 1440. The summed E-state index contributed by atoms with van der Waals surface area (Å²) in [4.78, 5) is 20.3. The maximum atomic E-state index is 13.4. The van der Waals surface area contributed by atoms with Crippen LogP contribution in [0.5, 0.6) is 5.75 Å². The zero-order chi connectivity index (χ0) is 23.1. The number of pyridine rings is 1. The van der Waals surface area contributed by atoms with Gasteiger partial charge in [-0.1, -0.05) is 36.4 Å². The normalized spacial score (nSPS) is 15.4. The highest BCUT2D eigenvalue weighted by Gasteiger charge is 2.26. The van der Waals surface area contributed by atoms with Gasteiger partial charge in [-0.15, -0.1) is 0 Å². The molecule has 33 heavy (non-hydrogen) atoms. The van der Waals surface area contributed by atoms with Gasteiger partial charge in [0, 0.05) is 38.6 Å². The van der Waals surface area contributed by atoms with E-state index < -0.39 is 0 Å². The van der Waals surface area contributed by atoms with Crippen LogP contribution in [0.25, 0.3) is 10.9 Å². The van der Waals surface area contributed by atoms with Crippen molar-refractivity contribution in [3.63, 3.8) is 0 Å². The first-order valence-electron chi connectivity index (χ1n) is 11.0. The predicted molar refractivity (Wildman–Crippen MR) is 135 cm³/mol. The van der Waals surface area contributed by atoms with Gasteiger partial charge in [0.15, 0.2) is 0 Å². The summed E-state index contributed by atoms with van der Waals surface area (Å²) in [5.41, 5.74) is 5.09. The maximum absolute atomic E-state index is 13.4. The lowest BCUT2D eigenvalue weighted by molar-refractivity contribution is 0.478. The van der Waals surface area contributed by atoms with Crippen molar-refractivity contribution in [1.82, 2.24) is 4.57 Å². The van der Waals surface area contributed by atoms with Gasteiger partial charge in [0.2, 0.25) is 0 Å². The topological polar surface area (TPSA) is 69.9 Å². The molecule has 0 amide bonds. The molecule has 1 aliphatic rings. The largest absolute Gasteiger partial charge is 0.506 e. The predicted octanol–water partition coefficient (Wildman–Crippen LogP) is 4.99. The summed E-state index contributed by atoms with van der Waals surface area (Å²) in [5, 5.41) is 15.4. The molecular weight excluding hydrogens is 412 g/mol. The molecule has 1 aliphatic heterocycles. The molecule has 6 heteroatoms. The van der Waals surface area contributed by atoms with Crippen LogP contribution < -0.4 is 15.8 Å². The van der Waals surface area contributed by atoms with Gasteiger partial charge in [-0.3, -0.25) is 9.79 Å². The average Bonchev–Trinajstić information content (AvgIpc) is 3.02. The molecule has 1 atom stereocenters. The molecule has 0 spiro atoms. The summed E-state index contributed by atoms with van der Waals surface area (Å²) >= 11 is 0. The number of hydrogen-bond donors (Lipinski definition) is 2. The fourth-order valence-corrected chi connectivity index (χ4v) is 4.42. The summed E-state index contributed by atoms with van der Waals surface area (Å²) in [6, 6.07) is 23.4. The summed E-state index contributed by atoms with van der Waals surface area (Å²) in [5.74, 6) is -0.0199. The van der Waals surface area contributed by atoms with Crippen molar-refractivity contribution in [2.24, 2.45) is 12.0 Å². The Morgan fingerprint density at radius 2 is 1.70 bits per heavy atom. The van der Waals surface area contributed by atoms with E-state index in [0.29, 0.717) is 23.0 Å². The molecule has 6 nitrogen and oxygen atoms in total. The van der Waals surface area contributed by atoms with E-state index in [1.165, 1.54) is 0 Å². The molecule has 166 valence electrons. The van der Waals surface area contributed by atoms with Gasteiger partial charge in [0.1, 0.15) is 11.3 Å². The molecule has 5 rings (SSSR count). The van der Waals surface area contributed by atoms with Crippen molar-refractivity contribution >= 4 is 33.7 Å². The van der Waals surface area contributed by atoms with Crippen LogP contribution in [0.1, 0.15) is 23.6 Å². The fraction of sp³-hybridized carbons (Fsp3) is 0.185. The molecule has 0 saturated heterocycles. The third kappa shape index (κ3) is 3.63. The lowest BCUT2D eigenvalue weighted by Crippen LogP contribution is -2.26. The summed E-state index contributed by atoms with van der Waals surface area (Å²) in [6.07, 6.45) is 0.455. The number of hydrogen-bond acceptors (Lipinski definition) is 5. The summed E-state index contributed by atoms with van der Waals surface area (Å²) in [7, 11) is 5.75. The van der Waals surface area contributed by atoms with Gasteiger partial charge in [0.25, 0.3) is 5.56 Å². The number of aromatic hydroxyl groups is 1. The minimum atomic E-state index is -0.258. The van der Waals surface area contributed by atoms with E-state index in [0.717, 1.165) is 22.6 Å². The minimum Gasteiger partial charge on any atom is -0.506 e. The Labute approximate surface area is 192 Å². The van der Waals surface area contributed by atoms with E-state index in [4.69, 9.17) is 4.99 Å². The van der Waals surface area contributed by atoms with E-state index in [9.17, 15) is 9.90 Å². The molecule has 2 N–H and O–H groups in total. The van der Waals surface area contributed by atoms with E-state index in [1.807, 2.05) is 62.6 Å². The molecule has 0 saturated carbocycles. The molecule has 0 aliphatic carbocycles. The molecule has 4 aromatic rings. The third-order valence-electron chi connectivity index (χ3n) is 6.26. The quantitative estimate of drug-likeness (QED) is 0.473. The van der Waals surface area contributed by atoms with Crippen molar-refractivity contribution in [3.05, 3.63) is 94.3 Å². The molecule has 0 fully saturated rings. The van der Waals surface area contributed by atoms with E-state index in [1.54, 1.807) is 11.6 Å². The van der Waals surface area contributed by atoms with Gasteiger partial charge in [-0.25, -0.2) is 0 Å². The molecule has 0 radical (unpaired) electrons. The average molecular weight is 439 g/mol. The van der Waals surface area contributed by atoms with E-state index >= 15 is 0 Å². The first-order chi connectivity index (χ1) is 15.9. The van der Waals surface area contributed by atoms with Crippen LogP contribution in [0, 0.1) is 0 Å². The first-order valence-corrected chi connectivity index (χ1v) is 11.0. The highest BCUT2D eigenvalue weighted by atomic mass is 16.3. The van der Waals surface area contributed by atoms with Crippen LogP contribution in [0.2, 0.25) is 0 Å². The van der Waals surface area contributed by atoms with Gasteiger partial charge < -0.3 is 19.9 Å². The van der Waals surface area contributed by atoms with Gasteiger partial charge in [0.05, 0.1) is 28.6 Å². The van der Waals surface area contributed by atoms with Crippen molar-refractivity contribution in [3.8, 4) is 5.75 Å². The zero-order valence-electron chi connectivity index (χ0n) is 18.9. The number of nitrogens with one attached hydrogen (secondary N) is 1. The second-order valence-corrected chi connectivity index (χ2v) is 8.57. The van der Waals surface area contributed by atoms with Crippen LogP contribution in [-0.4, -0.2) is 29.5 Å². The molecule has 0 bridgehead atoms. The first kappa shape index (κ1) is 20.8. The fourth-order valence-electron chi connectivity index (χ4n) is 4.42. The number of aromatic nitrogens is 1. The lowest BCUT2D eigenvalue weighted by Gasteiger charge is -2.21. The number of benzene rings is 3. The number of para-hydroxylation sites is 3. The van der Waals surface area contributed by atoms with Gasteiger partial charge >= 0.3 is 0 Å². The molecule has 2 heterocycles. The van der Waals surface area contributed by atoms with Crippen molar-refractivity contribution in [2.75, 3.05) is 24.3 Å². The monoisotopic (exact) mass is 438 g/mol. The van der Waals surface area contributed by atoms with Crippen LogP contribution in [0.15, 0.2) is 82.6 Å². The van der Waals surface area contributed by atoms with Crippen molar-refractivity contribution < 1.29 is 5.11 Å². The Kier molecular flexibility index (Phi) is 5.13. The molecule has 1 aromatic heterocycles. The highest BCUT2D eigenvalue weighted by Crippen LogP contribution is 2.37. The van der Waals surface area contributed by atoms with Crippen LogP contribution >= 0.6 is 0 Å². The number of aryl methyl sites for hydroxylation is 1. The number of nitrogens with zero attached hydrogens (tertiary/aromatic N) is 3. The zero-order valence-corrected chi connectivity index (χ0v) is 18.9. The van der Waals surface area contributed by atoms with Gasteiger partial charge in [-0.05, 0) is 42.0 Å². The molecule has 3 aromatic carbocycles. The smallest absolute Gasteiger partial charge is 0.263 e. The number of rotatable bonds is 3. The van der Waals surface area contributed by atoms with Crippen molar-refractivity contribution in [1.29, 1.82) is 0 Å². The second kappa shape index (κ2) is 8.13. The second-order valence-electron chi connectivity index (χ2n) is 8.57. The van der Waals surface area contributed by atoms with Crippen LogP contribution in [0.4, 0.5) is 17.1 Å². The molecular formula is C27H26N4O2. The highest BCUT2D eigenvalue weighted by molar-refractivity contribution is 6.09. The summed E-state index contributed by atoms with van der Waals surface area (Å²) in [6.45, 7) is 0. The molecule has 1 unspecified atom stereocenters. The Morgan fingerprint density at radius 3 is 2.45 bits per heavy atom. The van der Waals surface area contributed by atoms with Crippen molar-refractivity contribution in [2.45, 2.75) is 12.5 Å². The Balaban J connectivity index is 1.69. The number of anilines is 2. The number of fused-ring (bicyclic) bond motifs is 2. The third-order valence-corrected chi connectivity index (χ3v) is 6.26. The minimum absolute atomic E-state index is 0.0199.